The van der Waals surface area contributed by atoms with Crippen LogP contribution in [0.15, 0.2) is 24.3 Å². The molecule has 0 bridgehead atoms. The van der Waals surface area contributed by atoms with Gasteiger partial charge in [-0.1, -0.05) is 69.4 Å². The summed E-state index contributed by atoms with van der Waals surface area (Å²) in [7, 11) is 0. The zero-order valence-electron chi connectivity index (χ0n) is 13.0. The first-order valence-electron chi connectivity index (χ1n) is 8.05. The predicted octanol–water partition coefficient (Wildman–Crippen LogP) is 4.88. The Labute approximate surface area is 119 Å². The van der Waals surface area contributed by atoms with Crippen LogP contribution in [-0.4, -0.2) is 12.6 Å². The monoisotopic (exact) mass is 261 g/mol. The lowest BCUT2D eigenvalue weighted by Crippen LogP contribution is -2.29. The van der Waals surface area contributed by atoms with Gasteiger partial charge in [0.25, 0.3) is 0 Å². The Balaban J connectivity index is 2.29. The van der Waals surface area contributed by atoms with E-state index in [4.69, 9.17) is 0 Å². The molecule has 0 aliphatic carbocycles. The number of hydrogen-bond acceptors (Lipinski definition) is 1. The van der Waals surface area contributed by atoms with Crippen molar-refractivity contribution in [2.45, 2.75) is 71.8 Å². The zero-order valence-corrected chi connectivity index (χ0v) is 13.0. The van der Waals surface area contributed by atoms with E-state index in [0.29, 0.717) is 6.04 Å². The van der Waals surface area contributed by atoms with Gasteiger partial charge in [0, 0.05) is 6.04 Å². The first-order chi connectivity index (χ1) is 9.26. The summed E-state index contributed by atoms with van der Waals surface area (Å²) in [4.78, 5) is 0. The molecule has 0 saturated heterocycles. The summed E-state index contributed by atoms with van der Waals surface area (Å²) in [5, 5.41) is 3.64. The van der Waals surface area contributed by atoms with Crippen LogP contribution >= 0.6 is 0 Å². The van der Waals surface area contributed by atoms with E-state index < -0.39 is 0 Å². The maximum absolute atomic E-state index is 3.64. The minimum atomic E-state index is 0.697. The SMILES string of the molecule is CCCCCCC(CCc1ccc(C)cc1)NCC. The van der Waals surface area contributed by atoms with E-state index in [2.05, 4.69) is 50.4 Å². The van der Waals surface area contributed by atoms with E-state index in [1.807, 2.05) is 0 Å². The van der Waals surface area contributed by atoms with E-state index in [1.165, 1.54) is 56.1 Å². The molecule has 1 rings (SSSR count). The summed E-state index contributed by atoms with van der Waals surface area (Å²) in [6, 6.07) is 9.69. The number of unbranched alkanes of at least 4 members (excludes halogenated alkanes) is 3. The normalized spacial score (nSPS) is 12.6. The van der Waals surface area contributed by atoms with E-state index in [0.717, 1.165) is 6.54 Å². The van der Waals surface area contributed by atoms with Gasteiger partial charge < -0.3 is 5.32 Å². The number of rotatable bonds is 10. The molecule has 1 aromatic carbocycles. The van der Waals surface area contributed by atoms with E-state index >= 15 is 0 Å². The molecule has 1 heteroatoms. The Kier molecular flexibility index (Phi) is 8.57. The summed E-state index contributed by atoms with van der Waals surface area (Å²) >= 11 is 0. The third kappa shape index (κ3) is 7.37. The van der Waals surface area contributed by atoms with E-state index in [1.54, 1.807) is 0 Å². The average Bonchev–Trinajstić information content (AvgIpc) is 2.42. The van der Waals surface area contributed by atoms with Gasteiger partial charge in [0.2, 0.25) is 0 Å². The minimum Gasteiger partial charge on any atom is -0.314 e. The quantitative estimate of drug-likeness (QED) is 0.592. The molecular weight excluding hydrogens is 230 g/mol. The van der Waals surface area contributed by atoms with Gasteiger partial charge in [-0.2, -0.15) is 0 Å². The van der Waals surface area contributed by atoms with Crippen LogP contribution in [0.2, 0.25) is 0 Å². The molecule has 1 N–H and O–H groups in total. The molecule has 0 aliphatic rings. The molecule has 1 atom stereocenters. The number of benzene rings is 1. The van der Waals surface area contributed by atoms with Crippen LogP contribution in [0, 0.1) is 6.92 Å². The van der Waals surface area contributed by atoms with Gasteiger partial charge in [0.1, 0.15) is 0 Å². The number of nitrogens with one attached hydrogen (secondary N) is 1. The van der Waals surface area contributed by atoms with Crippen LogP contribution in [0.5, 0.6) is 0 Å². The molecule has 1 unspecified atom stereocenters. The van der Waals surface area contributed by atoms with Crippen molar-refractivity contribution in [3.63, 3.8) is 0 Å². The lowest BCUT2D eigenvalue weighted by Gasteiger charge is -2.18. The predicted molar refractivity (Wildman–Crippen MR) is 85.7 cm³/mol. The number of hydrogen-bond donors (Lipinski definition) is 1. The Bertz CT molecular complexity index is 315. The van der Waals surface area contributed by atoms with Crippen molar-refractivity contribution in [3.05, 3.63) is 35.4 Å². The highest BCUT2D eigenvalue weighted by molar-refractivity contribution is 5.21. The van der Waals surface area contributed by atoms with Gasteiger partial charge in [-0.3, -0.25) is 0 Å². The zero-order chi connectivity index (χ0) is 13.9. The average molecular weight is 261 g/mol. The van der Waals surface area contributed by atoms with Gasteiger partial charge in [0.15, 0.2) is 0 Å². The van der Waals surface area contributed by atoms with E-state index in [9.17, 15) is 0 Å². The Morgan fingerprint density at radius 1 is 0.947 bits per heavy atom. The second-order valence-electron chi connectivity index (χ2n) is 5.63. The second-order valence-corrected chi connectivity index (χ2v) is 5.63. The van der Waals surface area contributed by atoms with Crippen LogP contribution in [0.25, 0.3) is 0 Å². The molecule has 0 fully saturated rings. The molecule has 0 saturated carbocycles. The molecular formula is C18H31N. The smallest absolute Gasteiger partial charge is 0.00701 e. The van der Waals surface area contributed by atoms with Gasteiger partial charge in [-0.05, 0) is 38.3 Å². The molecule has 0 aliphatic heterocycles. The number of aryl methyl sites for hydroxylation is 2. The molecule has 0 spiro atoms. The molecule has 1 aromatic rings. The van der Waals surface area contributed by atoms with Crippen molar-refractivity contribution in [3.8, 4) is 0 Å². The van der Waals surface area contributed by atoms with Crippen LogP contribution in [0.3, 0.4) is 0 Å². The van der Waals surface area contributed by atoms with Crippen molar-refractivity contribution in [2.75, 3.05) is 6.54 Å². The summed E-state index contributed by atoms with van der Waals surface area (Å²) in [5.41, 5.74) is 2.83. The highest BCUT2D eigenvalue weighted by Gasteiger charge is 2.07. The largest absolute Gasteiger partial charge is 0.314 e. The molecule has 0 aromatic heterocycles. The summed E-state index contributed by atoms with van der Waals surface area (Å²) in [6.07, 6.45) is 9.28. The fourth-order valence-electron chi connectivity index (χ4n) is 2.55. The van der Waals surface area contributed by atoms with Gasteiger partial charge in [-0.15, -0.1) is 0 Å². The molecule has 0 radical (unpaired) electrons. The van der Waals surface area contributed by atoms with E-state index in [-0.39, 0.29) is 0 Å². The van der Waals surface area contributed by atoms with Crippen molar-refractivity contribution in [2.24, 2.45) is 0 Å². The van der Waals surface area contributed by atoms with Crippen LogP contribution < -0.4 is 5.32 Å². The minimum absolute atomic E-state index is 0.697. The lowest BCUT2D eigenvalue weighted by atomic mass is 9.99. The van der Waals surface area contributed by atoms with Crippen LogP contribution in [0.1, 0.15) is 63.5 Å². The van der Waals surface area contributed by atoms with Gasteiger partial charge in [0.05, 0.1) is 0 Å². The summed E-state index contributed by atoms with van der Waals surface area (Å²) < 4.78 is 0. The van der Waals surface area contributed by atoms with Crippen molar-refractivity contribution in [1.29, 1.82) is 0 Å². The fraction of sp³-hybridized carbons (Fsp3) is 0.667. The Morgan fingerprint density at radius 2 is 1.68 bits per heavy atom. The molecule has 0 heterocycles. The fourth-order valence-corrected chi connectivity index (χ4v) is 2.55. The van der Waals surface area contributed by atoms with Gasteiger partial charge >= 0.3 is 0 Å². The first-order valence-corrected chi connectivity index (χ1v) is 8.05. The van der Waals surface area contributed by atoms with Crippen molar-refractivity contribution < 1.29 is 0 Å². The highest BCUT2D eigenvalue weighted by atomic mass is 14.9. The third-order valence-corrected chi connectivity index (χ3v) is 3.80. The lowest BCUT2D eigenvalue weighted by molar-refractivity contribution is 0.441. The Morgan fingerprint density at radius 3 is 2.32 bits per heavy atom. The first kappa shape index (κ1) is 16.2. The molecule has 0 amide bonds. The molecule has 108 valence electrons. The topological polar surface area (TPSA) is 12.0 Å². The summed E-state index contributed by atoms with van der Waals surface area (Å²) in [6.45, 7) is 7.73. The van der Waals surface area contributed by atoms with Crippen molar-refractivity contribution in [1.82, 2.24) is 5.32 Å². The molecule has 1 nitrogen and oxygen atoms in total. The Hall–Kier alpha value is -0.820. The maximum Gasteiger partial charge on any atom is 0.00701 e. The van der Waals surface area contributed by atoms with Crippen LogP contribution in [0.4, 0.5) is 0 Å². The van der Waals surface area contributed by atoms with Gasteiger partial charge in [-0.25, -0.2) is 0 Å². The van der Waals surface area contributed by atoms with Crippen molar-refractivity contribution >= 4 is 0 Å². The summed E-state index contributed by atoms with van der Waals surface area (Å²) in [5.74, 6) is 0. The second kappa shape index (κ2) is 10.0. The standard InChI is InChI=1S/C18H31N/c1-4-6-7-8-9-18(19-5-2)15-14-17-12-10-16(3)11-13-17/h10-13,18-19H,4-9,14-15H2,1-3H3. The molecule has 19 heavy (non-hydrogen) atoms. The third-order valence-electron chi connectivity index (χ3n) is 3.80. The van der Waals surface area contributed by atoms with Crippen LogP contribution in [-0.2, 0) is 6.42 Å². The maximum atomic E-state index is 3.64. The highest BCUT2D eigenvalue weighted by Crippen LogP contribution is 2.12.